The predicted molar refractivity (Wildman–Crippen MR) is 75.4 cm³/mol. The molecule has 2 heteroatoms. The maximum Gasteiger partial charge on any atom is 0.150 e. The lowest BCUT2D eigenvalue weighted by molar-refractivity contribution is 0.0207. The van der Waals surface area contributed by atoms with Crippen LogP contribution < -0.4 is 4.74 Å². The molecule has 2 aromatic rings. The first kappa shape index (κ1) is 12.2. The number of hydrogen-bond donors (Lipinski definition) is 1. The second-order valence-corrected chi connectivity index (χ2v) is 5.26. The fourth-order valence-corrected chi connectivity index (χ4v) is 2.60. The van der Waals surface area contributed by atoms with Gasteiger partial charge in [-0.1, -0.05) is 36.4 Å². The van der Waals surface area contributed by atoms with Crippen LogP contribution in [-0.2, 0) is 6.42 Å². The van der Waals surface area contributed by atoms with Crippen LogP contribution in [-0.4, -0.2) is 11.2 Å². The number of aliphatic hydroxyl groups excluding tert-OH is 1. The molecule has 0 saturated carbocycles. The minimum absolute atomic E-state index is 0.268. The van der Waals surface area contributed by atoms with E-state index in [9.17, 15) is 5.11 Å². The van der Waals surface area contributed by atoms with Crippen molar-refractivity contribution in [2.75, 3.05) is 0 Å². The van der Waals surface area contributed by atoms with Gasteiger partial charge in [-0.3, -0.25) is 0 Å². The third-order valence-electron chi connectivity index (χ3n) is 3.84. The van der Waals surface area contributed by atoms with Crippen LogP contribution in [0.4, 0.5) is 0 Å². The topological polar surface area (TPSA) is 29.5 Å². The number of benzene rings is 2. The van der Waals surface area contributed by atoms with E-state index < -0.39 is 6.10 Å². The van der Waals surface area contributed by atoms with Gasteiger partial charge in [0.1, 0.15) is 11.9 Å². The molecule has 0 aliphatic carbocycles. The fraction of sp³-hybridized carbons (Fsp3) is 0.294. The molecule has 2 aromatic carbocycles. The van der Waals surface area contributed by atoms with Gasteiger partial charge in [0.25, 0.3) is 0 Å². The van der Waals surface area contributed by atoms with Crippen LogP contribution >= 0.6 is 0 Å². The maximum absolute atomic E-state index is 10.3. The molecule has 1 aliphatic heterocycles. The van der Waals surface area contributed by atoms with Gasteiger partial charge in [0.2, 0.25) is 0 Å². The molecule has 0 amide bonds. The molecule has 2 nitrogen and oxygen atoms in total. The lowest BCUT2D eigenvalue weighted by atomic mass is 9.93. The van der Waals surface area contributed by atoms with Crippen LogP contribution in [0.2, 0.25) is 0 Å². The number of fused-ring (bicyclic) bond motifs is 1. The highest BCUT2D eigenvalue weighted by atomic mass is 16.5. The normalized spacial score (nSPS) is 21.6. The van der Waals surface area contributed by atoms with E-state index in [0.29, 0.717) is 6.42 Å². The predicted octanol–water partition coefficient (Wildman–Crippen LogP) is 3.34. The molecule has 0 aromatic heterocycles. The molecule has 0 fully saturated rings. The van der Waals surface area contributed by atoms with Crippen LogP contribution in [0.3, 0.4) is 0 Å². The fourth-order valence-electron chi connectivity index (χ4n) is 2.60. The van der Waals surface area contributed by atoms with Gasteiger partial charge in [0, 0.05) is 6.42 Å². The summed E-state index contributed by atoms with van der Waals surface area (Å²) in [4.78, 5) is 0. The van der Waals surface area contributed by atoms with Crippen molar-refractivity contribution in [2.45, 2.75) is 32.5 Å². The van der Waals surface area contributed by atoms with Gasteiger partial charge < -0.3 is 9.84 Å². The standard InChI is InChI=1S/C17H18O2/c1-11-8-14-10-15(18)17(13-6-4-3-5-7-13)19-16(14)9-12(11)2/h3-9,15,17-18H,10H2,1-2H3/t15-,17+/m0/s1. The van der Waals surface area contributed by atoms with Crippen LogP contribution in [0.15, 0.2) is 42.5 Å². The lowest BCUT2D eigenvalue weighted by Gasteiger charge is -2.31. The highest BCUT2D eigenvalue weighted by molar-refractivity contribution is 5.44. The third kappa shape index (κ3) is 2.24. The largest absolute Gasteiger partial charge is 0.483 e. The summed E-state index contributed by atoms with van der Waals surface area (Å²) in [6.07, 6.45) is -0.108. The molecule has 0 spiro atoms. The molecule has 2 atom stereocenters. The van der Waals surface area contributed by atoms with Gasteiger partial charge in [0.05, 0.1) is 6.10 Å². The molecule has 1 N–H and O–H groups in total. The van der Waals surface area contributed by atoms with E-state index in [1.165, 1.54) is 11.1 Å². The average Bonchev–Trinajstić information content (AvgIpc) is 2.41. The minimum atomic E-state index is -0.489. The SMILES string of the molecule is Cc1cc2c(cc1C)O[C@H](c1ccccc1)[C@@H](O)C2. The Labute approximate surface area is 113 Å². The molecule has 0 bridgehead atoms. The lowest BCUT2D eigenvalue weighted by Crippen LogP contribution is -2.30. The van der Waals surface area contributed by atoms with E-state index in [-0.39, 0.29) is 6.10 Å². The van der Waals surface area contributed by atoms with Crippen molar-refractivity contribution in [1.82, 2.24) is 0 Å². The summed E-state index contributed by atoms with van der Waals surface area (Å²) in [5.41, 5.74) is 4.59. The summed E-state index contributed by atoms with van der Waals surface area (Å²) in [6.45, 7) is 4.17. The number of aryl methyl sites for hydroxylation is 2. The molecule has 1 heterocycles. The van der Waals surface area contributed by atoms with E-state index >= 15 is 0 Å². The minimum Gasteiger partial charge on any atom is -0.483 e. The van der Waals surface area contributed by atoms with E-state index in [4.69, 9.17) is 4.74 Å². The molecular formula is C17H18O2. The number of ether oxygens (including phenoxy) is 1. The van der Waals surface area contributed by atoms with Gasteiger partial charge in [-0.2, -0.15) is 0 Å². The summed E-state index contributed by atoms with van der Waals surface area (Å²) in [5, 5.41) is 10.3. The van der Waals surface area contributed by atoms with Crippen LogP contribution in [0.5, 0.6) is 5.75 Å². The van der Waals surface area contributed by atoms with Crippen LogP contribution in [0.1, 0.15) is 28.4 Å². The van der Waals surface area contributed by atoms with Crippen LogP contribution in [0, 0.1) is 13.8 Å². The Morgan fingerprint density at radius 3 is 2.47 bits per heavy atom. The Bertz CT molecular complexity index is 590. The Hall–Kier alpha value is -1.80. The van der Waals surface area contributed by atoms with Gasteiger partial charge in [0.15, 0.2) is 0 Å². The summed E-state index contributed by atoms with van der Waals surface area (Å²) in [7, 11) is 0. The molecule has 0 unspecified atom stereocenters. The highest BCUT2D eigenvalue weighted by Gasteiger charge is 2.29. The van der Waals surface area contributed by atoms with E-state index in [0.717, 1.165) is 16.9 Å². The first-order valence-electron chi connectivity index (χ1n) is 6.65. The smallest absolute Gasteiger partial charge is 0.150 e. The Kier molecular flexibility index (Phi) is 3.03. The van der Waals surface area contributed by atoms with Gasteiger partial charge in [-0.05, 0) is 42.2 Å². The zero-order chi connectivity index (χ0) is 13.4. The molecule has 98 valence electrons. The monoisotopic (exact) mass is 254 g/mol. The molecule has 0 saturated heterocycles. The molecule has 1 aliphatic rings. The Balaban J connectivity index is 1.98. The van der Waals surface area contributed by atoms with Crippen molar-refractivity contribution >= 4 is 0 Å². The van der Waals surface area contributed by atoms with Crippen molar-refractivity contribution in [3.05, 3.63) is 64.7 Å². The highest BCUT2D eigenvalue weighted by Crippen LogP contribution is 2.36. The zero-order valence-corrected chi connectivity index (χ0v) is 11.3. The summed E-state index contributed by atoms with van der Waals surface area (Å²) >= 11 is 0. The van der Waals surface area contributed by atoms with Crippen molar-refractivity contribution in [3.63, 3.8) is 0 Å². The molecule has 19 heavy (non-hydrogen) atoms. The summed E-state index contributed by atoms with van der Waals surface area (Å²) in [6, 6.07) is 14.1. The third-order valence-corrected chi connectivity index (χ3v) is 3.84. The van der Waals surface area contributed by atoms with Crippen molar-refractivity contribution in [2.24, 2.45) is 0 Å². The van der Waals surface area contributed by atoms with Gasteiger partial charge >= 0.3 is 0 Å². The maximum atomic E-state index is 10.3. The summed E-state index contributed by atoms with van der Waals surface area (Å²) < 4.78 is 6.02. The average molecular weight is 254 g/mol. The second-order valence-electron chi connectivity index (χ2n) is 5.26. The van der Waals surface area contributed by atoms with Crippen molar-refractivity contribution in [3.8, 4) is 5.75 Å². The van der Waals surface area contributed by atoms with Crippen molar-refractivity contribution in [1.29, 1.82) is 0 Å². The molecular weight excluding hydrogens is 236 g/mol. The Morgan fingerprint density at radius 1 is 1.05 bits per heavy atom. The Morgan fingerprint density at radius 2 is 1.74 bits per heavy atom. The number of rotatable bonds is 1. The first-order valence-corrected chi connectivity index (χ1v) is 6.65. The van der Waals surface area contributed by atoms with Crippen molar-refractivity contribution < 1.29 is 9.84 Å². The second kappa shape index (κ2) is 4.71. The zero-order valence-electron chi connectivity index (χ0n) is 11.3. The van der Waals surface area contributed by atoms with E-state index in [1.807, 2.05) is 30.3 Å². The number of aliphatic hydroxyl groups is 1. The first-order chi connectivity index (χ1) is 9.15. The van der Waals surface area contributed by atoms with E-state index in [2.05, 4.69) is 26.0 Å². The van der Waals surface area contributed by atoms with Gasteiger partial charge in [-0.25, -0.2) is 0 Å². The van der Waals surface area contributed by atoms with Crippen LogP contribution in [0.25, 0.3) is 0 Å². The van der Waals surface area contributed by atoms with Gasteiger partial charge in [-0.15, -0.1) is 0 Å². The molecule has 3 rings (SSSR count). The molecule has 0 radical (unpaired) electrons. The van der Waals surface area contributed by atoms with E-state index in [1.54, 1.807) is 0 Å². The summed E-state index contributed by atoms with van der Waals surface area (Å²) in [5.74, 6) is 0.905. The quantitative estimate of drug-likeness (QED) is 0.845. The number of hydrogen-bond acceptors (Lipinski definition) is 2.